The van der Waals surface area contributed by atoms with E-state index < -0.39 is 0 Å². The molecule has 10 nitrogen and oxygen atoms in total. The summed E-state index contributed by atoms with van der Waals surface area (Å²) in [4.78, 5) is 31.4. The number of nitrogens with two attached hydrogens (primary N) is 2. The van der Waals surface area contributed by atoms with Crippen molar-refractivity contribution in [3.05, 3.63) is 20.8 Å². The maximum absolute atomic E-state index is 11.0. The third kappa shape index (κ3) is 15.2. The van der Waals surface area contributed by atoms with Gasteiger partial charge in [0.05, 0.1) is 23.1 Å². The van der Waals surface area contributed by atoms with Crippen molar-refractivity contribution < 1.29 is 9.59 Å². The maximum Gasteiger partial charge on any atom is 0.233 e. The molecule has 0 unspecified atom stereocenters. The number of amides is 2. The highest BCUT2D eigenvalue weighted by Crippen LogP contribution is 2.24. The Bertz CT molecular complexity index is 733. The van der Waals surface area contributed by atoms with Crippen LogP contribution >= 0.6 is 72.3 Å². The SMILES string of the molecule is Cl.Cl.Cl.Cl.NCC(=O)NCCNCCc1nc(-c2csc(CCNCCNC(=O)CN)n2)cs1. The molecule has 0 spiro atoms. The van der Waals surface area contributed by atoms with E-state index in [9.17, 15) is 9.59 Å². The van der Waals surface area contributed by atoms with Crippen LogP contribution in [0.2, 0.25) is 0 Å². The molecule has 0 aliphatic heterocycles. The molecule has 0 radical (unpaired) electrons. The lowest BCUT2D eigenvalue weighted by molar-refractivity contribution is -0.120. The van der Waals surface area contributed by atoms with E-state index in [4.69, 9.17) is 11.5 Å². The zero-order valence-corrected chi connectivity index (χ0v) is 23.4. The van der Waals surface area contributed by atoms with Gasteiger partial charge in [0, 0.05) is 62.9 Å². The Hall–Kier alpha value is -0.800. The smallest absolute Gasteiger partial charge is 0.233 e. The number of rotatable bonds is 15. The number of aromatic nitrogens is 2. The molecule has 2 aromatic heterocycles. The fourth-order valence-corrected chi connectivity index (χ4v) is 4.04. The first-order valence-corrected chi connectivity index (χ1v) is 11.6. The van der Waals surface area contributed by atoms with Crippen molar-refractivity contribution in [2.75, 3.05) is 52.4 Å². The molecule has 0 saturated heterocycles. The third-order valence-electron chi connectivity index (χ3n) is 4.02. The van der Waals surface area contributed by atoms with Crippen molar-refractivity contribution in [2.24, 2.45) is 11.5 Å². The van der Waals surface area contributed by atoms with Crippen molar-refractivity contribution in [1.82, 2.24) is 31.2 Å². The average Bonchev–Trinajstić information content (AvgIpc) is 3.42. The van der Waals surface area contributed by atoms with Crippen LogP contribution in [-0.4, -0.2) is 74.1 Å². The van der Waals surface area contributed by atoms with Gasteiger partial charge in [0.25, 0.3) is 0 Å². The second-order valence-electron chi connectivity index (χ2n) is 6.36. The quantitative estimate of drug-likeness (QED) is 0.160. The Morgan fingerprint density at radius 1 is 0.676 bits per heavy atom. The molecule has 16 heteroatoms. The number of nitrogens with one attached hydrogen (secondary N) is 4. The predicted molar refractivity (Wildman–Crippen MR) is 149 cm³/mol. The van der Waals surface area contributed by atoms with E-state index in [-0.39, 0.29) is 74.5 Å². The van der Waals surface area contributed by atoms with Crippen LogP contribution in [0, 0.1) is 0 Å². The Balaban J connectivity index is -0.00000240. The number of thiazole rings is 2. The molecule has 2 rings (SSSR count). The number of hydrogen-bond acceptors (Lipinski definition) is 10. The highest BCUT2D eigenvalue weighted by atomic mass is 35.5. The Morgan fingerprint density at radius 3 is 1.41 bits per heavy atom. The van der Waals surface area contributed by atoms with Gasteiger partial charge in [-0.25, -0.2) is 9.97 Å². The normalized spacial score (nSPS) is 9.59. The average molecular weight is 600 g/mol. The summed E-state index contributed by atoms with van der Waals surface area (Å²) in [7, 11) is 0. The van der Waals surface area contributed by atoms with Crippen LogP contribution in [0.4, 0.5) is 0 Å². The van der Waals surface area contributed by atoms with Crippen LogP contribution < -0.4 is 32.7 Å². The summed E-state index contributed by atoms with van der Waals surface area (Å²) in [5.74, 6) is -0.286. The summed E-state index contributed by atoms with van der Waals surface area (Å²) in [5.41, 5.74) is 12.3. The molecule has 0 bridgehead atoms. The number of carbonyl (C=O) groups is 2. The van der Waals surface area contributed by atoms with E-state index in [2.05, 4.69) is 31.2 Å². The first-order chi connectivity index (χ1) is 14.6. The van der Waals surface area contributed by atoms with E-state index >= 15 is 0 Å². The zero-order valence-electron chi connectivity index (χ0n) is 18.5. The van der Waals surface area contributed by atoms with Crippen LogP contribution in [0.5, 0.6) is 0 Å². The lowest BCUT2D eigenvalue weighted by Gasteiger charge is -2.04. The van der Waals surface area contributed by atoms with Gasteiger partial charge in [0.15, 0.2) is 0 Å². The van der Waals surface area contributed by atoms with Gasteiger partial charge in [0.1, 0.15) is 11.4 Å². The minimum Gasteiger partial charge on any atom is -0.354 e. The molecule has 8 N–H and O–H groups in total. The van der Waals surface area contributed by atoms with E-state index in [1.165, 1.54) is 0 Å². The van der Waals surface area contributed by atoms with E-state index in [1.54, 1.807) is 22.7 Å². The van der Waals surface area contributed by atoms with Crippen LogP contribution in [0.15, 0.2) is 10.8 Å². The van der Waals surface area contributed by atoms with Crippen LogP contribution in [-0.2, 0) is 22.4 Å². The molecule has 2 heterocycles. The molecule has 198 valence electrons. The fraction of sp³-hybridized carbons (Fsp3) is 0.556. The second-order valence-corrected chi connectivity index (χ2v) is 8.25. The third-order valence-corrected chi connectivity index (χ3v) is 5.83. The first-order valence-electron chi connectivity index (χ1n) is 9.86. The zero-order chi connectivity index (χ0) is 21.6. The molecule has 0 aliphatic rings. The Labute approximate surface area is 232 Å². The molecule has 34 heavy (non-hydrogen) atoms. The van der Waals surface area contributed by atoms with Crippen molar-refractivity contribution >= 4 is 84.1 Å². The number of carbonyl (C=O) groups excluding carboxylic acids is 2. The van der Waals surface area contributed by atoms with Gasteiger partial charge >= 0.3 is 0 Å². The standard InChI is InChI=1S/C18H30N8O2S2.4ClH/c19-9-15(27)23-7-5-21-3-1-17-25-13(11-29-17)14-12-30-18(26-14)2-4-22-6-8-24-16(28)10-20;;;;/h11-12,21-22H,1-10,19-20H2,(H,23,27)(H,24,28);4*1H. The number of nitrogens with zero attached hydrogens (tertiary/aromatic N) is 2. The van der Waals surface area contributed by atoms with E-state index in [1.807, 2.05) is 10.8 Å². The van der Waals surface area contributed by atoms with Gasteiger partial charge in [-0.1, -0.05) is 0 Å². The van der Waals surface area contributed by atoms with Crippen LogP contribution in [0.25, 0.3) is 11.4 Å². The highest BCUT2D eigenvalue weighted by molar-refractivity contribution is 7.10. The lowest BCUT2D eigenvalue weighted by atomic mass is 10.3. The first kappa shape index (κ1) is 37.7. The summed E-state index contributed by atoms with van der Waals surface area (Å²) in [6, 6.07) is 0. The molecule has 0 saturated carbocycles. The van der Waals surface area contributed by atoms with E-state index in [0.29, 0.717) is 26.2 Å². The molecular weight excluding hydrogens is 566 g/mol. The van der Waals surface area contributed by atoms with Gasteiger partial charge in [-0.15, -0.1) is 72.3 Å². The molecular formula is C18H34Cl4N8O2S2. The molecule has 0 atom stereocenters. The second kappa shape index (κ2) is 22.7. The summed E-state index contributed by atoms with van der Waals surface area (Å²) >= 11 is 3.26. The van der Waals surface area contributed by atoms with Crippen molar-refractivity contribution in [3.8, 4) is 11.4 Å². The Kier molecular flexibility index (Phi) is 25.1. The minimum atomic E-state index is -0.143. The summed E-state index contributed by atoms with van der Waals surface area (Å²) < 4.78 is 0. The highest BCUT2D eigenvalue weighted by Gasteiger charge is 2.09. The largest absolute Gasteiger partial charge is 0.354 e. The fourth-order valence-electron chi connectivity index (χ4n) is 2.45. The minimum absolute atomic E-state index is 0. The van der Waals surface area contributed by atoms with Gasteiger partial charge in [-0.05, 0) is 0 Å². The maximum atomic E-state index is 11.0. The number of halogens is 4. The van der Waals surface area contributed by atoms with Gasteiger partial charge < -0.3 is 32.7 Å². The van der Waals surface area contributed by atoms with Gasteiger partial charge in [-0.2, -0.15) is 0 Å². The van der Waals surface area contributed by atoms with Crippen molar-refractivity contribution in [2.45, 2.75) is 12.8 Å². The molecule has 0 aliphatic carbocycles. The molecule has 0 fully saturated rings. The van der Waals surface area contributed by atoms with Gasteiger partial charge in [-0.3, -0.25) is 9.59 Å². The predicted octanol–water partition coefficient (Wildman–Crippen LogP) is 0.368. The van der Waals surface area contributed by atoms with Crippen molar-refractivity contribution in [1.29, 1.82) is 0 Å². The monoisotopic (exact) mass is 598 g/mol. The Morgan fingerprint density at radius 2 is 1.06 bits per heavy atom. The molecule has 2 amide bonds. The van der Waals surface area contributed by atoms with E-state index in [0.717, 1.165) is 47.3 Å². The number of hydrogen-bond donors (Lipinski definition) is 6. The summed E-state index contributed by atoms with van der Waals surface area (Å²) in [5, 5.41) is 18.2. The summed E-state index contributed by atoms with van der Waals surface area (Å²) in [6.07, 6.45) is 1.66. The summed E-state index contributed by atoms with van der Waals surface area (Å²) in [6.45, 7) is 4.17. The lowest BCUT2D eigenvalue weighted by Crippen LogP contribution is -2.36. The van der Waals surface area contributed by atoms with Gasteiger partial charge in [0.2, 0.25) is 11.8 Å². The molecule has 2 aromatic rings. The van der Waals surface area contributed by atoms with Crippen molar-refractivity contribution in [3.63, 3.8) is 0 Å². The topological polar surface area (TPSA) is 160 Å². The van der Waals surface area contributed by atoms with Crippen LogP contribution in [0.3, 0.4) is 0 Å². The molecule has 0 aromatic carbocycles. The van der Waals surface area contributed by atoms with Crippen LogP contribution in [0.1, 0.15) is 10.0 Å².